The lowest BCUT2D eigenvalue weighted by molar-refractivity contribution is -0.924. The molecule has 1 N–H and O–H groups in total. The van der Waals surface area contributed by atoms with Crippen molar-refractivity contribution in [1.29, 1.82) is 0 Å². The van der Waals surface area contributed by atoms with Gasteiger partial charge < -0.3 is 9.80 Å². The van der Waals surface area contributed by atoms with Crippen molar-refractivity contribution in [2.75, 3.05) is 32.7 Å². The Morgan fingerprint density at radius 2 is 1.78 bits per heavy atom. The first-order chi connectivity index (χ1) is 8.64. The third kappa shape index (κ3) is 6.80. The quantitative estimate of drug-likeness (QED) is 0.343. The Morgan fingerprint density at radius 3 is 2.28 bits per heavy atom. The molecule has 3 nitrogen and oxygen atoms in total. The molecule has 0 atom stereocenters. The molecule has 0 rings (SSSR count). The number of carbonyl (C=O) groups is 1. The summed E-state index contributed by atoms with van der Waals surface area (Å²) in [6.07, 6.45) is 6.59. The number of hydrogen-bond donors (Lipinski definition) is 1. The predicted molar refractivity (Wildman–Crippen MR) is 78.4 cm³/mol. The molecule has 1 amide bonds. The topological polar surface area (TPSA) is 29.1 Å². The van der Waals surface area contributed by atoms with E-state index in [0.717, 1.165) is 30.7 Å². The van der Waals surface area contributed by atoms with Crippen molar-refractivity contribution in [2.24, 2.45) is 0 Å². The highest BCUT2D eigenvalue weighted by Crippen LogP contribution is 2.10. The first-order valence-electron chi connectivity index (χ1n) is 7.39. The van der Waals surface area contributed by atoms with Gasteiger partial charge >= 0.3 is 0 Å². The van der Waals surface area contributed by atoms with Gasteiger partial charge in [-0.3, -0.25) is 4.79 Å². The van der Waals surface area contributed by atoms with Gasteiger partial charge in [-0.25, -0.2) is 0 Å². The predicted octanol–water partition coefficient (Wildman–Crippen LogP) is 2.73. The standard InChI is InChI=1S/C15H30N2O/c1-5-9-10-11-13-17(7-3,8-4)14-12-16-15(18)6-2/h6H,2,5,7-14H2,1,3-4H3/p+1. The van der Waals surface area contributed by atoms with Crippen LogP contribution < -0.4 is 5.32 Å². The highest BCUT2D eigenvalue weighted by Gasteiger charge is 2.22. The van der Waals surface area contributed by atoms with Crippen LogP contribution in [0, 0.1) is 0 Å². The molecule has 0 unspecified atom stereocenters. The molecule has 0 spiro atoms. The third-order valence-corrected chi connectivity index (χ3v) is 3.90. The maximum Gasteiger partial charge on any atom is 0.243 e. The molecular formula is C15H31N2O+. The summed E-state index contributed by atoms with van der Waals surface area (Å²) in [7, 11) is 0. The summed E-state index contributed by atoms with van der Waals surface area (Å²) in [5, 5.41) is 2.89. The fourth-order valence-electron chi connectivity index (χ4n) is 2.33. The minimum absolute atomic E-state index is 0.0636. The van der Waals surface area contributed by atoms with Gasteiger partial charge in [-0.2, -0.15) is 0 Å². The summed E-state index contributed by atoms with van der Waals surface area (Å²) in [6.45, 7) is 15.5. The smallest absolute Gasteiger partial charge is 0.243 e. The van der Waals surface area contributed by atoms with Crippen molar-refractivity contribution < 1.29 is 9.28 Å². The van der Waals surface area contributed by atoms with Gasteiger partial charge in [-0.15, -0.1) is 0 Å². The second kappa shape index (κ2) is 10.1. The SMILES string of the molecule is C=CC(=O)NCC[N+](CC)(CC)CCCCCC. The Bertz CT molecular complexity index is 235. The van der Waals surface area contributed by atoms with Crippen LogP contribution in [0.2, 0.25) is 0 Å². The van der Waals surface area contributed by atoms with Crippen molar-refractivity contribution in [1.82, 2.24) is 5.32 Å². The van der Waals surface area contributed by atoms with Gasteiger partial charge in [0.25, 0.3) is 0 Å². The van der Waals surface area contributed by atoms with Gasteiger partial charge in [0.15, 0.2) is 0 Å². The van der Waals surface area contributed by atoms with Gasteiger partial charge in [-0.1, -0.05) is 26.3 Å². The van der Waals surface area contributed by atoms with E-state index in [2.05, 4.69) is 32.7 Å². The third-order valence-electron chi connectivity index (χ3n) is 3.90. The maximum atomic E-state index is 11.1. The summed E-state index contributed by atoms with van der Waals surface area (Å²) >= 11 is 0. The van der Waals surface area contributed by atoms with Crippen LogP contribution in [0.3, 0.4) is 0 Å². The number of amides is 1. The van der Waals surface area contributed by atoms with Crippen LogP contribution in [0.1, 0.15) is 46.5 Å². The summed E-state index contributed by atoms with van der Waals surface area (Å²) in [5.74, 6) is -0.0636. The Morgan fingerprint density at radius 1 is 1.11 bits per heavy atom. The van der Waals surface area contributed by atoms with E-state index in [-0.39, 0.29) is 5.91 Å². The van der Waals surface area contributed by atoms with E-state index < -0.39 is 0 Å². The van der Waals surface area contributed by atoms with Crippen LogP contribution in [0.4, 0.5) is 0 Å². The van der Waals surface area contributed by atoms with Crippen LogP contribution in [0.5, 0.6) is 0 Å². The van der Waals surface area contributed by atoms with Crippen molar-refractivity contribution in [2.45, 2.75) is 46.5 Å². The number of nitrogens with one attached hydrogen (secondary N) is 1. The summed E-state index contributed by atoms with van der Waals surface area (Å²) in [6, 6.07) is 0. The fourth-order valence-corrected chi connectivity index (χ4v) is 2.33. The Kier molecular flexibility index (Phi) is 9.66. The number of unbranched alkanes of at least 4 members (excludes halogenated alkanes) is 3. The molecule has 0 aromatic carbocycles. The lowest BCUT2D eigenvalue weighted by Crippen LogP contribution is -2.52. The second-order valence-corrected chi connectivity index (χ2v) is 4.98. The molecule has 0 aliphatic rings. The van der Waals surface area contributed by atoms with Crippen LogP contribution in [-0.2, 0) is 4.79 Å². The molecule has 0 saturated carbocycles. The molecule has 0 fully saturated rings. The lowest BCUT2D eigenvalue weighted by atomic mass is 10.1. The highest BCUT2D eigenvalue weighted by atomic mass is 16.1. The van der Waals surface area contributed by atoms with Crippen molar-refractivity contribution in [3.8, 4) is 0 Å². The van der Waals surface area contributed by atoms with Crippen LogP contribution >= 0.6 is 0 Å². The summed E-state index contributed by atoms with van der Waals surface area (Å²) < 4.78 is 1.11. The molecule has 106 valence electrons. The number of quaternary nitrogens is 1. The molecule has 0 bridgehead atoms. The highest BCUT2D eigenvalue weighted by molar-refractivity contribution is 5.86. The van der Waals surface area contributed by atoms with E-state index in [1.54, 1.807) is 0 Å². The Balaban J connectivity index is 4.07. The summed E-state index contributed by atoms with van der Waals surface area (Å²) in [5.41, 5.74) is 0. The average molecular weight is 255 g/mol. The first kappa shape index (κ1) is 17.2. The summed E-state index contributed by atoms with van der Waals surface area (Å²) in [4.78, 5) is 11.1. The minimum atomic E-state index is -0.0636. The van der Waals surface area contributed by atoms with Gasteiger partial charge in [-0.05, 0) is 32.8 Å². The van der Waals surface area contributed by atoms with E-state index in [9.17, 15) is 4.79 Å². The van der Waals surface area contributed by atoms with Crippen molar-refractivity contribution in [3.63, 3.8) is 0 Å². The normalized spacial score (nSPS) is 11.3. The second-order valence-electron chi connectivity index (χ2n) is 4.98. The van der Waals surface area contributed by atoms with Crippen molar-refractivity contribution >= 4 is 5.91 Å². The number of rotatable bonds is 11. The number of likely N-dealkylation sites (N-methyl/N-ethyl adjacent to an activating group) is 1. The molecule has 0 aromatic rings. The molecule has 0 saturated heterocycles. The van der Waals surface area contributed by atoms with E-state index >= 15 is 0 Å². The average Bonchev–Trinajstić information content (AvgIpc) is 2.41. The van der Waals surface area contributed by atoms with E-state index in [4.69, 9.17) is 0 Å². The van der Waals surface area contributed by atoms with Crippen LogP contribution in [0.25, 0.3) is 0 Å². The maximum absolute atomic E-state index is 11.1. The zero-order valence-corrected chi connectivity index (χ0v) is 12.5. The fraction of sp³-hybridized carbons (Fsp3) is 0.800. The molecule has 3 heteroatoms. The van der Waals surface area contributed by atoms with E-state index in [1.807, 2.05) is 0 Å². The molecule has 0 aliphatic heterocycles. The number of carbonyl (C=O) groups excluding carboxylic acids is 1. The Labute approximate surface area is 113 Å². The van der Waals surface area contributed by atoms with Gasteiger partial charge in [0.2, 0.25) is 5.91 Å². The molecule has 0 heterocycles. The number of nitrogens with zero attached hydrogens (tertiary/aromatic N) is 1. The molecule has 0 aromatic heterocycles. The van der Waals surface area contributed by atoms with E-state index in [1.165, 1.54) is 38.3 Å². The molecular weight excluding hydrogens is 224 g/mol. The lowest BCUT2D eigenvalue weighted by Gasteiger charge is -2.37. The van der Waals surface area contributed by atoms with Gasteiger partial charge in [0.1, 0.15) is 0 Å². The Hall–Kier alpha value is -0.830. The van der Waals surface area contributed by atoms with Crippen LogP contribution in [0.15, 0.2) is 12.7 Å². The van der Waals surface area contributed by atoms with Gasteiger partial charge in [0.05, 0.1) is 32.7 Å². The zero-order chi connectivity index (χ0) is 13.9. The van der Waals surface area contributed by atoms with Gasteiger partial charge in [0, 0.05) is 0 Å². The first-order valence-corrected chi connectivity index (χ1v) is 7.39. The largest absolute Gasteiger partial charge is 0.347 e. The zero-order valence-electron chi connectivity index (χ0n) is 12.5. The van der Waals surface area contributed by atoms with Crippen molar-refractivity contribution in [3.05, 3.63) is 12.7 Å². The molecule has 0 radical (unpaired) electrons. The minimum Gasteiger partial charge on any atom is -0.347 e. The molecule has 18 heavy (non-hydrogen) atoms. The number of hydrogen-bond acceptors (Lipinski definition) is 1. The van der Waals surface area contributed by atoms with E-state index in [0.29, 0.717) is 0 Å². The van der Waals surface area contributed by atoms with Crippen LogP contribution in [-0.4, -0.2) is 43.1 Å². The molecule has 0 aliphatic carbocycles. The monoisotopic (exact) mass is 255 g/mol.